The average molecular weight is 396 g/mol. The van der Waals surface area contributed by atoms with Gasteiger partial charge in [0.1, 0.15) is 0 Å². The van der Waals surface area contributed by atoms with Crippen molar-refractivity contribution in [3.63, 3.8) is 0 Å². The van der Waals surface area contributed by atoms with Gasteiger partial charge in [0.15, 0.2) is 0 Å². The van der Waals surface area contributed by atoms with Crippen LogP contribution in [0.25, 0.3) is 0 Å². The van der Waals surface area contributed by atoms with E-state index in [1.165, 1.54) is 11.1 Å². The van der Waals surface area contributed by atoms with Gasteiger partial charge in [-0.1, -0.05) is 60.7 Å². The summed E-state index contributed by atoms with van der Waals surface area (Å²) in [5.41, 5.74) is 2.63. The Morgan fingerprint density at radius 2 is 1.45 bits per heavy atom. The van der Waals surface area contributed by atoms with Crippen molar-refractivity contribution in [2.45, 2.75) is 25.4 Å². The van der Waals surface area contributed by atoms with E-state index in [2.05, 4.69) is 75.8 Å². The van der Waals surface area contributed by atoms with Crippen molar-refractivity contribution in [1.29, 1.82) is 0 Å². The number of amides is 1. The number of hydrogen-bond donors (Lipinski definition) is 1. The Bertz CT molecular complexity index is 691. The molecule has 1 aliphatic rings. The molecule has 2 aromatic carbocycles. The van der Waals surface area contributed by atoms with Crippen LogP contribution in [0.2, 0.25) is 0 Å². The van der Waals surface area contributed by atoms with Gasteiger partial charge < -0.3 is 10.1 Å². The third-order valence-corrected chi connectivity index (χ3v) is 5.70. The lowest BCUT2D eigenvalue weighted by Gasteiger charge is -2.41. The zero-order chi connectivity index (χ0) is 20.5. The Kier molecular flexibility index (Phi) is 8.23. The molecule has 5 nitrogen and oxygen atoms in total. The number of nitrogens with one attached hydrogen (secondary N) is 1. The van der Waals surface area contributed by atoms with Gasteiger partial charge in [-0.25, -0.2) is 0 Å². The molecule has 0 saturated carbocycles. The zero-order valence-corrected chi connectivity index (χ0v) is 17.6. The quantitative estimate of drug-likeness (QED) is 0.663. The number of hydrogen-bond acceptors (Lipinski definition) is 4. The van der Waals surface area contributed by atoms with Crippen molar-refractivity contribution in [3.8, 4) is 0 Å². The second-order valence-corrected chi connectivity index (χ2v) is 7.61. The van der Waals surface area contributed by atoms with E-state index >= 15 is 0 Å². The Morgan fingerprint density at radius 1 is 0.931 bits per heavy atom. The van der Waals surface area contributed by atoms with Crippen LogP contribution in [0.4, 0.5) is 0 Å². The number of piperazine rings is 1. The van der Waals surface area contributed by atoms with E-state index in [9.17, 15) is 4.79 Å². The van der Waals surface area contributed by atoms with Gasteiger partial charge in [-0.3, -0.25) is 14.6 Å². The van der Waals surface area contributed by atoms with Crippen LogP contribution in [-0.4, -0.2) is 68.2 Å². The minimum Gasteiger partial charge on any atom is -0.385 e. The summed E-state index contributed by atoms with van der Waals surface area (Å²) in [4.78, 5) is 17.3. The van der Waals surface area contributed by atoms with Crippen LogP contribution < -0.4 is 5.32 Å². The Balaban J connectivity index is 1.61. The standard InChI is InChI=1S/C24H33N3O2/c1-20(24(28)25-14-9-19-29-2)26-15-17-27(18-16-26)23(21-10-5-3-6-11-21)22-12-7-4-8-13-22/h3-8,10-13,20,23H,9,14-19H2,1-2H3,(H,25,28). The molecule has 2 aromatic rings. The van der Waals surface area contributed by atoms with Crippen LogP contribution >= 0.6 is 0 Å². The number of carbonyl (C=O) groups excluding carboxylic acids is 1. The molecular weight excluding hydrogens is 362 g/mol. The normalized spacial score (nSPS) is 16.7. The van der Waals surface area contributed by atoms with Crippen LogP contribution in [0.15, 0.2) is 60.7 Å². The maximum atomic E-state index is 12.5. The van der Waals surface area contributed by atoms with E-state index in [-0.39, 0.29) is 18.0 Å². The van der Waals surface area contributed by atoms with Crippen molar-refractivity contribution in [1.82, 2.24) is 15.1 Å². The minimum absolute atomic E-state index is 0.105. The number of benzene rings is 2. The lowest BCUT2D eigenvalue weighted by molar-refractivity contribution is -0.126. The Labute approximate surface area is 174 Å². The molecule has 1 unspecified atom stereocenters. The number of ether oxygens (including phenoxy) is 1. The van der Waals surface area contributed by atoms with E-state index in [1.54, 1.807) is 7.11 Å². The lowest BCUT2D eigenvalue weighted by Crippen LogP contribution is -2.54. The average Bonchev–Trinajstić information content (AvgIpc) is 2.78. The Morgan fingerprint density at radius 3 is 1.97 bits per heavy atom. The molecule has 5 heteroatoms. The van der Waals surface area contributed by atoms with Gasteiger partial charge in [-0.15, -0.1) is 0 Å². The highest BCUT2D eigenvalue weighted by molar-refractivity contribution is 5.81. The fraction of sp³-hybridized carbons (Fsp3) is 0.458. The van der Waals surface area contributed by atoms with E-state index < -0.39 is 0 Å². The second-order valence-electron chi connectivity index (χ2n) is 7.61. The fourth-order valence-electron chi connectivity index (χ4n) is 4.01. The van der Waals surface area contributed by atoms with Crippen LogP contribution in [0.1, 0.15) is 30.5 Å². The van der Waals surface area contributed by atoms with Crippen molar-refractivity contribution in [2.24, 2.45) is 0 Å². The molecule has 1 heterocycles. The van der Waals surface area contributed by atoms with Gasteiger partial charge in [-0.05, 0) is 24.5 Å². The third kappa shape index (κ3) is 5.89. The number of nitrogens with zero attached hydrogens (tertiary/aromatic N) is 2. The van der Waals surface area contributed by atoms with Crippen molar-refractivity contribution in [3.05, 3.63) is 71.8 Å². The molecular formula is C24H33N3O2. The van der Waals surface area contributed by atoms with Crippen LogP contribution in [0.5, 0.6) is 0 Å². The minimum atomic E-state index is -0.105. The van der Waals surface area contributed by atoms with Crippen molar-refractivity contribution < 1.29 is 9.53 Å². The molecule has 1 fully saturated rings. The van der Waals surface area contributed by atoms with Gasteiger partial charge >= 0.3 is 0 Å². The largest absolute Gasteiger partial charge is 0.385 e. The highest BCUT2D eigenvalue weighted by atomic mass is 16.5. The van der Waals surface area contributed by atoms with E-state index in [0.717, 1.165) is 32.6 Å². The smallest absolute Gasteiger partial charge is 0.237 e. The summed E-state index contributed by atoms with van der Waals surface area (Å²) in [6.45, 7) is 7.01. The molecule has 0 spiro atoms. The van der Waals surface area contributed by atoms with E-state index in [4.69, 9.17) is 4.74 Å². The Hall–Kier alpha value is -2.21. The number of rotatable bonds is 9. The predicted octanol–water partition coefficient (Wildman–Crippen LogP) is 2.93. The molecule has 0 aromatic heterocycles. The van der Waals surface area contributed by atoms with E-state index in [1.807, 2.05) is 6.92 Å². The predicted molar refractivity (Wildman–Crippen MR) is 117 cm³/mol. The zero-order valence-electron chi connectivity index (χ0n) is 17.6. The summed E-state index contributed by atoms with van der Waals surface area (Å²) in [5, 5.41) is 3.03. The maximum absolute atomic E-state index is 12.5. The first-order chi connectivity index (χ1) is 14.2. The SMILES string of the molecule is COCCCNC(=O)C(C)N1CCN(C(c2ccccc2)c2ccccc2)CC1. The van der Waals surface area contributed by atoms with Crippen molar-refractivity contribution in [2.75, 3.05) is 46.4 Å². The third-order valence-electron chi connectivity index (χ3n) is 5.70. The summed E-state index contributed by atoms with van der Waals surface area (Å²) in [5.74, 6) is 0.109. The van der Waals surface area contributed by atoms with Gasteiger partial charge in [-0.2, -0.15) is 0 Å². The van der Waals surface area contributed by atoms with Gasteiger partial charge in [0.2, 0.25) is 5.91 Å². The summed E-state index contributed by atoms with van der Waals surface area (Å²) >= 11 is 0. The first-order valence-corrected chi connectivity index (χ1v) is 10.6. The topological polar surface area (TPSA) is 44.8 Å². The number of carbonyl (C=O) groups is 1. The summed E-state index contributed by atoms with van der Waals surface area (Å²) in [6.07, 6.45) is 0.846. The molecule has 1 atom stereocenters. The van der Waals surface area contributed by atoms with Gasteiger partial charge in [0, 0.05) is 46.4 Å². The molecule has 1 N–H and O–H groups in total. The summed E-state index contributed by atoms with van der Waals surface area (Å²) in [7, 11) is 1.68. The molecule has 156 valence electrons. The molecule has 3 rings (SSSR count). The van der Waals surface area contributed by atoms with E-state index in [0.29, 0.717) is 13.2 Å². The molecule has 0 radical (unpaired) electrons. The fourth-order valence-corrected chi connectivity index (χ4v) is 4.01. The highest BCUT2D eigenvalue weighted by Crippen LogP contribution is 2.29. The first kappa shape index (κ1) is 21.5. The van der Waals surface area contributed by atoms with Crippen LogP contribution in [-0.2, 0) is 9.53 Å². The van der Waals surface area contributed by atoms with Gasteiger partial charge in [0.25, 0.3) is 0 Å². The molecule has 0 aliphatic carbocycles. The summed E-state index contributed by atoms with van der Waals surface area (Å²) < 4.78 is 5.04. The highest BCUT2D eigenvalue weighted by Gasteiger charge is 2.29. The molecule has 1 amide bonds. The maximum Gasteiger partial charge on any atom is 0.237 e. The summed E-state index contributed by atoms with van der Waals surface area (Å²) in [6, 6.07) is 21.5. The molecule has 1 aliphatic heterocycles. The van der Waals surface area contributed by atoms with Gasteiger partial charge in [0.05, 0.1) is 12.1 Å². The molecule has 0 bridgehead atoms. The monoisotopic (exact) mass is 395 g/mol. The van der Waals surface area contributed by atoms with Crippen LogP contribution in [0.3, 0.4) is 0 Å². The van der Waals surface area contributed by atoms with Crippen molar-refractivity contribution >= 4 is 5.91 Å². The molecule has 1 saturated heterocycles. The second kappa shape index (κ2) is 11.1. The molecule has 29 heavy (non-hydrogen) atoms. The lowest BCUT2D eigenvalue weighted by atomic mass is 9.96. The van der Waals surface area contributed by atoms with Crippen LogP contribution in [0, 0.1) is 0 Å². The number of methoxy groups -OCH3 is 1. The first-order valence-electron chi connectivity index (χ1n) is 10.6.